The lowest BCUT2D eigenvalue weighted by atomic mass is 10.1. The standard InChI is InChI=1S/C21H17ClN2O3/c22-18-11-5-4-9-16(18)13-19(21(26)23-14-17-10-6-12-27-17)24-20(25)15-7-2-1-3-8-15/h1-13H,14H2,(H,23,26)(H,24,25)/b19-13+. The van der Waals surface area contributed by atoms with Crippen LogP contribution in [-0.2, 0) is 11.3 Å². The Hall–Kier alpha value is -3.31. The molecular formula is C21H17ClN2O3. The van der Waals surface area contributed by atoms with Crippen LogP contribution in [0.25, 0.3) is 6.08 Å². The van der Waals surface area contributed by atoms with Gasteiger partial charge < -0.3 is 15.1 Å². The summed E-state index contributed by atoms with van der Waals surface area (Å²) in [5.41, 5.74) is 1.15. The largest absolute Gasteiger partial charge is 0.467 e. The van der Waals surface area contributed by atoms with Crippen molar-refractivity contribution in [1.82, 2.24) is 10.6 Å². The molecule has 5 nitrogen and oxygen atoms in total. The number of hydrogen-bond acceptors (Lipinski definition) is 3. The van der Waals surface area contributed by atoms with Crippen LogP contribution in [0.4, 0.5) is 0 Å². The van der Waals surface area contributed by atoms with E-state index in [0.717, 1.165) is 0 Å². The molecule has 0 saturated heterocycles. The number of nitrogens with one attached hydrogen (secondary N) is 2. The van der Waals surface area contributed by atoms with Crippen LogP contribution in [-0.4, -0.2) is 11.8 Å². The Balaban J connectivity index is 1.83. The average molecular weight is 381 g/mol. The number of rotatable bonds is 6. The number of benzene rings is 2. The van der Waals surface area contributed by atoms with Crippen molar-refractivity contribution in [3.8, 4) is 0 Å². The zero-order chi connectivity index (χ0) is 19.1. The number of carbonyl (C=O) groups is 2. The minimum absolute atomic E-state index is 0.0866. The summed E-state index contributed by atoms with van der Waals surface area (Å²) in [6, 6.07) is 19.2. The number of carbonyl (C=O) groups excluding carboxylic acids is 2. The van der Waals surface area contributed by atoms with Crippen LogP contribution in [0.2, 0.25) is 5.02 Å². The summed E-state index contributed by atoms with van der Waals surface area (Å²) < 4.78 is 5.21. The van der Waals surface area contributed by atoms with Crippen molar-refractivity contribution in [2.45, 2.75) is 6.54 Å². The molecule has 27 heavy (non-hydrogen) atoms. The minimum atomic E-state index is -0.449. The van der Waals surface area contributed by atoms with E-state index in [1.54, 1.807) is 66.7 Å². The second kappa shape index (κ2) is 8.87. The lowest BCUT2D eigenvalue weighted by molar-refractivity contribution is -0.118. The third kappa shape index (κ3) is 5.09. The maximum absolute atomic E-state index is 12.6. The first-order valence-electron chi connectivity index (χ1n) is 8.26. The Kier molecular flexibility index (Phi) is 6.07. The van der Waals surface area contributed by atoms with Gasteiger partial charge in [-0.05, 0) is 42.0 Å². The van der Waals surface area contributed by atoms with E-state index >= 15 is 0 Å². The molecule has 0 fully saturated rings. The highest BCUT2D eigenvalue weighted by Crippen LogP contribution is 2.18. The molecule has 0 unspecified atom stereocenters. The highest BCUT2D eigenvalue weighted by Gasteiger charge is 2.15. The molecule has 6 heteroatoms. The Labute approximate surface area is 161 Å². The molecule has 0 bridgehead atoms. The molecule has 3 rings (SSSR count). The summed E-state index contributed by atoms with van der Waals surface area (Å²) in [7, 11) is 0. The fourth-order valence-corrected chi connectivity index (χ4v) is 2.56. The monoisotopic (exact) mass is 380 g/mol. The van der Waals surface area contributed by atoms with Crippen LogP contribution in [0.1, 0.15) is 21.7 Å². The van der Waals surface area contributed by atoms with Gasteiger partial charge in [-0.3, -0.25) is 9.59 Å². The lowest BCUT2D eigenvalue weighted by Gasteiger charge is -2.11. The van der Waals surface area contributed by atoms with Crippen LogP contribution >= 0.6 is 11.6 Å². The van der Waals surface area contributed by atoms with Gasteiger partial charge in [-0.25, -0.2) is 0 Å². The van der Waals surface area contributed by atoms with E-state index in [9.17, 15) is 9.59 Å². The summed E-state index contributed by atoms with van der Waals surface area (Å²) in [5, 5.41) is 5.86. The fourth-order valence-electron chi connectivity index (χ4n) is 2.37. The Morgan fingerprint density at radius 1 is 0.963 bits per heavy atom. The van der Waals surface area contributed by atoms with E-state index in [1.807, 2.05) is 6.07 Å². The zero-order valence-electron chi connectivity index (χ0n) is 14.3. The normalized spacial score (nSPS) is 11.1. The molecule has 3 aromatic rings. The Bertz CT molecular complexity index is 951. The highest BCUT2D eigenvalue weighted by atomic mass is 35.5. The van der Waals surface area contributed by atoms with Crippen LogP contribution < -0.4 is 10.6 Å². The molecule has 0 atom stereocenters. The van der Waals surface area contributed by atoms with Gasteiger partial charge in [-0.1, -0.05) is 48.0 Å². The maximum atomic E-state index is 12.6. The molecule has 0 aliphatic carbocycles. The van der Waals surface area contributed by atoms with Crippen LogP contribution in [0.3, 0.4) is 0 Å². The van der Waals surface area contributed by atoms with E-state index in [1.165, 1.54) is 6.26 Å². The molecule has 2 amide bonds. The first-order valence-corrected chi connectivity index (χ1v) is 8.64. The van der Waals surface area contributed by atoms with Crippen molar-refractivity contribution in [2.75, 3.05) is 0 Å². The van der Waals surface area contributed by atoms with Crippen molar-refractivity contribution >= 4 is 29.5 Å². The van der Waals surface area contributed by atoms with Gasteiger partial charge in [0.1, 0.15) is 11.5 Å². The quantitative estimate of drug-likeness (QED) is 0.634. The molecule has 0 radical (unpaired) electrons. The lowest BCUT2D eigenvalue weighted by Crippen LogP contribution is -2.34. The van der Waals surface area contributed by atoms with E-state index < -0.39 is 5.91 Å². The van der Waals surface area contributed by atoms with Crippen LogP contribution in [0.5, 0.6) is 0 Å². The molecule has 0 aliphatic heterocycles. The van der Waals surface area contributed by atoms with Crippen LogP contribution in [0, 0.1) is 0 Å². The molecule has 0 saturated carbocycles. The van der Waals surface area contributed by atoms with E-state index in [-0.39, 0.29) is 18.1 Å². The second-order valence-corrected chi connectivity index (χ2v) is 6.07. The molecule has 1 heterocycles. The van der Waals surface area contributed by atoms with Crippen molar-refractivity contribution in [3.63, 3.8) is 0 Å². The smallest absolute Gasteiger partial charge is 0.268 e. The van der Waals surface area contributed by atoms with Crippen molar-refractivity contribution in [3.05, 3.63) is 101 Å². The number of hydrogen-bond donors (Lipinski definition) is 2. The SMILES string of the molecule is O=C(NCc1ccco1)/C(=C\c1ccccc1Cl)NC(=O)c1ccccc1. The summed E-state index contributed by atoms with van der Waals surface area (Å²) >= 11 is 6.18. The number of furan rings is 1. The predicted octanol–water partition coefficient (Wildman–Crippen LogP) is 4.02. The Morgan fingerprint density at radius 2 is 1.70 bits per heavy atom. The van der Waals surface area contributed by atoms with E-state index in [0.29, 0.717) is 21.9 Å². The molecule has 0 spiro atoms. The second-order valence-electron chi connectivity index (χ2n) is 5.66. The summed E-state index contributed by atoms with van der Waals surface area (Å²) in [5.74, 6) is -0.229. The maximum Gasteiger partial charge on any atom is 0.268 e. The summed E-state index contributed by atoms with van der Waals surface area (Å²) in [4.78, 5) is 25.1. The third-order valence-electron chi connectivity index (χ3n) is 3.74. The van der Waals surface area contributed by atoms with Gasteiger partial charge in [0.25, 0.3) is 11.8 Å². The Morgan fingerprint density at radius 3 is 2.41 bits per heavy atom. The molecule has 2 aromatic carbocycles. The van der Waals surface area contributed by atoms with Gasteiger partial charge in [0.2, 0.25) is 0 Å². The first kappa shape index (κ1) is 18.5. The van der Waals surface area contributed by atoms with Gasteiger partial charge in [-0.15, -0.1) is 0 Å². The molecule has 136 valence electrons. The highest BCUT2D eigenvalue weighted by molar-refractivity contribution is 6.32. The number of amides is 2. The van der Waals surface area contributed by atoms with Crippen molar-refractivity contribution in [2.24, 2.45) is 0 Å². The summed E-state index contributed by atoms with van der Waals surface area (Å²) in [6.07, 6.45) is 3.07. The molecule has 0 aliphatic rings. The van der Waals surface area contributed by atoms with Crippen molar-refractivity contribution < 1.29 is 14.0 Å². The van der Waals surface area contributed by atoms with Gasteiger partial charge in [0.15, 0.2) is 0 Å². The van der Waals surface area contributed by atoms with Crippen molar-refractivity contribution in [1.29, 1.82) is 0 Å². The third-order valence-corrected chi connectivity index (χ3v) is 4.08. The van der Waals surface area contributed by atoms with E-state index in [2.05, 4.69) is 10.6 Å². The van der Waals surface area contributed by atoms with E-state index in [4.69, 9.17) is 16.0 Å². The number of halogens is 1. The molecule has 2 N–H and O–H groups in total. The average Bonchev–Trinajstić information content (AvgIpc) is 3.21. The first-order chi connectivity index (χ1) is 13.1. The predicted molar refractivity (Wildman–Crippen MR) is 104 cm³/mol. The van der Waals surface area contributed by atoms with Crippen LogP contribution in [0.15, 0.2) is 83.1 Å². The minimum Gasteiger partial charge on any atom is -0.467 e. The van der Waals surface area contributed by atoms with Gasteiger partial charge >= 0.3 is 0 Å². The zero-order valence-corrected chi connectivity index (χ0v) is 15.1. The van der Waals surface area contributed by atoms with Gasteiger partial charge in [0.05, 0.1) is 12.8 Å². The van der Waals surface area contributed by atoms with Gasteiger partial charge in [-0.2, -0.15) is 0 Å². The molecular weight excluding hydrogens is 364 g/mol. The molecule has 1 aromatic heterocycles. The fraction of sp³-hybridized carbons (Fsp3) is 0.0476. The van der Waals surface area contributed by atoms with Gasteiger partial charge in [0, 0.05) is 10.6 Å². The summed E-state index contributed by atoms with van der Waals surface area (Å²) in [6.45, 7) is 0.201. The topological polar surface area (TPSA) is 71.3 Å².